The van der Waals surface area contributed by atoms with Gasteiger partial charge in [0, 0.05) is 32.6 Å². The summed E-state index contributed by atoms with van der Waals surface area (Å²) in [5, 5.41) is 5.56. The SMILES string of the molecule is O=C(CCl)N1CCCN(c2nc(Cc3ccccc3)nc3c2cnn3-c2ccccc2)CC1. The van der Waals surface area contributed by atoms with E-state index in [1.54, 1.807) is 0 Å². The maximum absolute atomic E-state index is 12.1. The Morgan fingerprint density at radius 1 is 0.909 bits per heavy atom. The average molecular weight is 461 g/mol. The van der Waals surface area contributed by atoms with Gasteiger partial charge in [0.1, 0.15) is 17.5 Å². The van der Waals surface area contributed by atoms with Crippen molar-refractivity contribution < 1.29 is 4.79 Å². The third-order valence-electron chi connectivity index (χ3n) is 5.92. The Morgan fingerprint density at radius 3 is 2.42 bits per heavy atom. The van der Waals surface area contributed by atoms with E-state index < -0.39 is 0 Å². The van der Waals surface area contributed by atoms with Crippen molar-refractivity contribution >= 4 is 34.4 Å². The molecule has 2 aromatic carbocycles. The molecular formula is C25H25ClN6O. The van der Waals surface area contributed by atoms with Crippen molar-refractivity contribution in [3.8, 4) is 5.69 Å². The van der Waals surface area contributed by atoms with E-state index in [0.717, 1.165) is 46.9 Å². The van der Waals surface area contributed by atoms with E-state index in [4.69, 9.17) is 21.6 Å². The van der Waals surface area contributed by atoms with Gasteiger partial charge in [-0.15, -0.1) is 11.6 Å². The maximum atomic E-state index is 12.1. The van der Waals surface area contributed by atoms with Crippen molar-refractivity contribution in [2.75, 3.05) is 37.0 Å². The molecule has 0 spiro atoms. The molecule has 0 atom stereocenters. The van der Waals surface area contributed by atoms with Gasteiger partial charge in [0.25, 0.3) is 0 Å². The fraction of sp³-hybridized carbons (Fsp3) is 0.280. The minimum atomic E-state index is -0.0204. The fourth-order valence-corrected chi connectivity index (χ4v) is 4.43. The molecule has 0 saturated carbocycles. The Hall–Kier alpha value is -3.45. The lowest BCUT2D eigenvalue weighted by molar-refractivity contribution is -0.128. The van der Waals surface area contributed by atoms with Crippen LogP contribution in [0.3, 0.4) is 0 Å². The van der Waals surface area contributed by atoms with Crippen LogP contribution >= 0.6 is 11.6 Å². The molecule has 0 aliphatic carbocycles. The van der Waals surface area contributed by atoms with Gasteiger partial charge in [0.05, 0.1) is 17.3 Å². The molecule has 4 aromatic rings. The van der Waals surface area contributed by atoms with Crippen LogP contribution in [-0.2, 0) is 11.2 Å². The van der Waals surface area contributed by atoms with E-state index in [0.29, 0.717) is 26.1 Å². The van der Waals surface area contributed by atoms with Gasteiger partial charge in [-0.1, -0.05) is 48.5 Å². The summed E-state index contributed by atoms with van der Waals surface area (Å²) in [4.78, 5) is 26.1. The number of rotatable bonds is 5. The number of anilines is 1. The van der Waals surface area contributed by atoms with Crippen molar-refractivity contribution in [2.24, 2.45) is 0 Å². The van der Waals surface area contributed by atoms with Crippen LogP contribution in [0, 0.1) is 0 Å². The monoisotopic (exact) mass is 460 g/mol. The van der Waals surface area contributed by atoms with Crippen LogP contribution in [-0.4, -0.2) is 62.6 Å². The quantitative estimate of drug-likeness (QED) is 0.425. The van der Waals surface area contributed by atoms with Crippen LogP contribution < -0.4 is 4.90 Å². The van der Waals surface area contributed by atoms with E-state index in [1.165, 1.54) is 0 Å². The van der Waals surface area contributed by atoms with Crippen molar-refractivity contribution in [2.45, 2.75) is 12.8 Å². The zero-order valence-electron chi connectivity index (χ0n) is 18.3. The van der Waals surface area contributed by atoms with Crippen LogP contribution in [0.15, 0.2) is 66.9 Å². The van der Waals surface area contributed by atoms with Crippen LogP contribution in [0.1, 0.15) is 17.8 Å². The third-order valence-corrected chi connectivity index (χ3v) is 6.15. The molecule has 1 aliphatic heterocycles. The van der Waals surface area contributed by atoms with Gasteiger partial charge < -0.3 is 9.80 Å². The van der Waals surface area contributed by atoms with Crippen molar-refractivity contribution in [3.05, 3.63) is 78.2 Å². The van der Waals surface area contributed by atoms with Crippen LogP contribution in [0.2, 0.25) is 0 Å². The number of para-hydroxylation sites is 1. The number of nitrogens with zero attached hydrogens (tertiary/aromatic N) is 6. The number of fused-ring (bicyclic) bond motifs is 1. The predicted molar refractivity (Wildman–Crippen MR) is 130 cm³/mol. The topological polar surface area (TPSA) is 67.2 Å². The van der Waals surface area contributed by atoms with Gasteiger partial charge in [-0.2, -0.15) is 5.10 Å². The first kappa shape index (κ1) is 21.4. The van der Waals surface area contributed by atoms with Crippen LogP contribution in [0.5, 0.6) is 0 Å². The van der Waals surface area contributed by atoms with E-state index in [-0.39, 0.29) is 11.8 Å². The van der Waals surface area contributed by atoms with Gasteiger partial charge in [0.2, 0.25) is 5.91 Å². The van der Waals surface area contributed by atoms with Crippen LogP contribution in [0.4, 0.5) is 5.82 Å². The molecule has 33 heavy (non-hydrogen) atoms. The second-order valence-electron chi connectivity index (χ2n) is 8.11. The number of aromatic nitrogens is 4. The molecule has 0 radical (unpaired) electrons. The molecule has 168 valence electrons. The predicted octanol–water partition coefficient (Wildman–Crippen LogP) is 3.68. The molecular weight excluding hydrogens is 436 g/mol. The van der Waals surface area contributed by atoms with Crippen molar-refractivity contribution in [1.82, 2.24) is 24.6 Å². The van der Waals surface area contributed by atoms with Gasteiger partial charge >= 0.3 is 0 Å². The highest BCUT2D eigenvalue weighted by Gasteiger charge is 2.23. The standard InChI is InChI=1S/C25H25ClN6O/c26-17-23(33)30-12-7-13-31(15-14-30)24-21-18-27-32(20-10-5-2-6-11-20)25(21)29-22(28-24)16-19-8-3-1-4-9-19/h1-6,8-11,18H,7,12-17H2. The summed E-state index contributed by atoms with van der Waals surface area (Å²) < 4.78 is 1.87. The number of carbonyl (C=O) groups excluding carboxylic acids is 1. The Labute approximate surface area is 197 Å². The normalized spacial score (nSPS) is 14.5. The van der Waals surface area contributed by atoms with Crippen LogP contribution in [0.25, 0.3) is 16.7 Å². The highest BCUT2D eigenvalue weighted by atomic mass is 35.5. The zero-order chi connectivity index (χ0) is 22.6. The second-order valence-corrected chi connectivity index (χ2v) is 8.38. The Kier molecular flexibility index (Phi) is 6.21. The lowest BCUT2D eigenvalue weighted by Crippen LogP contribution is -2.36. The summed E-state index contributed by atoms with van der Waals surface area (Å²) in [5.74, 6) is 1.61. The molecule has 1 fully saturated rings. The summed E-state index contributed by atoms with van der Waals surface area (Å²) in [6.07, 6.45) is 3.33. The van der Waals surface area contributed by atoms with E-state index in [1.807, 2.05) is 64.3 Å². The molecule has 0 unspecified atom stereocenters. The lowest BCUT2D eigenvalue weighted by atomic mass is 10.1. The number of carbonyl (C=O) groups is 1. The Bertz CT molecular complexity index is 1240. The molecule has 1 saturated heterocycles. The number of hydrogen-bond donors (Lipinski definition) is 0. The highest BCUT2D eigenvalue weighted by Crippen LogP contribution is 2.27. The minimum Gasteiger partial charge on any atom is -0.354 e. The lowest BCUT2D eigenvalue weighted by Gasteiger charge is -2.23. The summed E-state index contributed by atoms with van der Waals surface area (Å²) in [7, 11) is 0. The number of halogens is 1. The van der Waals surface area contributed by atoms with Gasteiger partial charge in [0.15, 0.2) is 5.65 Å². The summed E-state index contributed by atoms with van der Waals surface area (Å²) in [5.41, 5.74) is 2.90. The number of alkyl halides is 1. The first-order chi connectivity index (χ1) is 16.2. The molecule has 3 heterocycles. The van der Waals surface area contributed by atoms with Gasteiger partial charge in [-0.05, 0) is 24.1 Å². The first-order valence-electron chi connectivity index (χ1n) is 11.2. The number of benzene rings is 2. The molecule has 7 nitrogen and oxygen atoms in total. The number of amides is 1. The molecule has 2 aromatic heterocycles. The Morgan fingerprint density at radius 2 is 1.67 bits per heavy atom. The average Bonchev–Trinajstić information content (AvgIpc) is 3.13. The van der Waals surface area contributed by atoms with Crippen molar-refractivity contribution in [3.63, 3.8) is 0 Å². The van der Waals surface area contributed by atoms with E-state index >= 15 is 0 Å². The third kappa shape index (κ3) is 4.54. The molecule has 5 rings (SSSR count). The van der Waals surface area contributed by atoms with Crippen molar-refractivity contribution in [1.29, 1.82) is 0 Å². The zero-order valence-corrected chi connectivity index (χ0v) is 19.0. The molecule has 1 amide bonds. The van der Waals surface area contributed by atoms with E-state index in [9.17, 15) is 4.79 Å². The molecule has 8 heteroatoms. The molecule has 0 N–H and O–H groups in total. The Balaban J connectivity index is 1.56. The van der Waals surface area contributed by atoms with Gasteiger partial charge in [-0.25, -0.2) is 14.6 Å². The number of hydrogen-bond acceptors (Lipinski definition) is 5. The first-order valence-corrected chi connectivity index (χ1v) is 11.7. The summed E-state index contributed by atoms with van der Waals surface area (Å²) >= 11 is 5.79. The van der Waals surface area contributed by atoms with E-state index in [2.05, 4.69) is 22.1 Å². The minimum absolute atomic E-state index is 0.0167. The second kappa shape index (κ2) is 9.58. The summed E-state index contributed by atoms with van der Waals surface area (Å²) in [6.45, 7) is 2.82. The molecule has 1 aliphatic rings. The van der Waals surface area contributed by atoms with Gasteiger partial charge in [-0.3, -0.25) is 4.79 Å². The largest absolute Gasteiger partial charge is 0.354 e. The fourth-order valence-electron chi connectivity index (χ4n) is 4.26. The maximum Gasteiger partial charge on any atom is 0.237 e. The molecule has 0 bridgehead atoms. The summed E-state index contributed by atoms with van der Waals surface area (Å²) in [6, 6.07) is 20.3. The smallest absolute Gasteiger partial charge is 0.237 e. The highest BCUT2D eigenvalue weighted by molar-refractivity contribution is 6.27.